The topological polar surface area (TPSA) is 45.9 Å². The highest BCUT2D eigenvalue weighted by atomic mass is 32.1. The van der Waals surface area contributed by atoms with Crippen LogP contribution in [0.5, 0.6) is 10.9 Å². The van der Waals surface area contributed by atoms with Crippen molar-refractivity contribution in [3.8, 4) is 17.0 Å². The van der Waals surface area contributed by atoms with Crippen molar-refractivity contribution in [3.63, 3.8) is 0 Å². The Morgan fingerprint density at radius 3 is 2.79 bits per heavy atom. The summed E-state index contributed by atoms with van der Waals surface area (Å²) < 4.78 is 19.9. The third-order valence-corrected chi connectivity index (χ3v) is 3.47. The molecule has 5 heteroatoms. The van der Waals surface area contributed by atoms with E-state index in [4.69, 9.17) is 10.00 Å². The molecule has 1 aromatic heterocycles. The maximum Gasteiger partial charge on any atom is 0.279 e. The average Bonchev–Trinajstić information content (AvgIpc) is 2.81. The molecule has 0 fully saturated rings. The van der Waals surface area contributed by atoms with E-state index in [1.54, 1.807) is 12.1 Å². The van der Waals surface area contributed by atoms with E-state index >= 15 is 0 Å². The molecule has 0 saturated heterocycles. The summed E-state index contributed by atoms with van der Waals surface area (Å²) in [5.41, 5.74) is 0.708. The smallest absolute Gasteiger partial charge is 0.279 e. The number of thiazole rings is 1. The van der Waals surface area contributed by atoms with E-state index in [2.05, 4.69) is 4.98 Å². The van der Waals surface area contributed by atoms with Crippen molar-refractivity contribution in [1.82, 2.24) is 4.98 Å². The second-order valence-corrected chi connectivity index (χ2v) is 4.77. The second kappa shape index (κ2) is 4.67. The molecule has 0 N–H and O–H groups in total. The number of hydrogen-bond donors (Lipinski definition) is 0. The van der Waals surface area contributed by atoms with Crippen LogP contribution in [0.15, 0.2) is 42.5 Å². The minimum atomic E-state index is -0.596. The molecule has 0 aliphatic carbocycles. The zero-order valence-electron chi connectivity index (χ0n) is 9.63. The molecular weight excluding hydrogens is 263 g/mol. The molecule has 0 radical (unpaired) electrons. The largest absolute Gasteiger partial charge is 0.429 e. The first-order valence-corrected chi connectivity index (χ1v) is 6.31. The van der Waals surface area contributed by atoms with Gasteiger partial charge in [0.05, 0.1) is 10.2 Å². The van der Waals surface area contributed by atoms with Gasteiger partial charge in [0.2, 0.25) is 0 Å². The van der Waals surface area contributed by atoms with E-state index < -0.39 is 5.82 Å². The van der Waals surface area contributed by atoms with Gasteiger partial charge in [-0.3, -0.25) is 0 Å². The summed E-state index contributed by atoms with van der Waals surface area (Å²) >= 11 is 1.35. The Kier molecular flexibility index (Phi) is 2.86. The van der Waals surface area contributed by atoms with Crippen molar-refractivity contribution in [1.29, 1.82) is 5.26 Å². The maximum absolute atomic E-state index is 13.4. The quantitative estimate of drug-likeness (QED) is 0.704. The summed E-state index contributed by atoms with van der Waals surface area (Å²) in [5.74, 6) is -0.414. The van der Waals surface area contributed by atoms with Crippen LogP contribution in [0.25, 0.3) is 10.2 Å². The lowest BCUT2D eigenvalue weighted by Gasteiger charge is -2.03. The predicted molar refractivity (Wildman–Crippen MR) is 70.8 cm³/mol. The third-order valence-electron chi connectivity index (χ3n) is 2.56. The van der Waals surface area contributed by atoms with E-state index in [0.717, 1.165) is 10.2 Å². The first-order valence-electron chi connectivity index (χ1n) is 5.50. The van der Waals surface area contributed by atoms with Crippen molar-refractivity contribution >= 4 is 21.6 Å². The molecule has 0 spiro atoms. The number of ether oxygens (including phenoxy) is 1. The molecule has 1 heterocycles. The van der Waals surface area contributed by atoms with Gasteiger partial charge in [-0.1, -0.05) is 29.5 Å². The van der Waals surface area contributed by atoms with Crippen molar-refractivity contribution in [2.45, 2.75) is 0 Å². The fraction of sp³-hybridized carbons (Fsp3) is 0. The number of nitriles is 1. The molecule has 0 amide bonds. The molecule has 3 rings (SSSR count). The summed E-state index contributed by atoms with van der Waals surface area (Å²) in [6.45, 7) is 0. The highest BCUT2D eigenvalue weighted by Crippen LogP contribution is 2.32. The van der Waals surface area contributed by atoms with Crippen LogP contribution in [0, 0.1) is 17.1 Å². The van der Waals surface area contributed by atoms with E-state index in [9.17, 15) is 4.39 Å². The number of aromatic nitrogens is 1. The van der Waals surface area contributed by atoms with Crippen molar-refractivity contribution in [3.05, 3.63) is 53.8 Å². The molecule has 0 aliphatic rings. The number of hydrogen-bond acceptors (Lipinski definition) is 4. The van der Waals surface area contributed by atoms with Gasteiger partial charge in [-0.05, 0) is 24.3 Å². The maximum atomic E-state index is 13.4. The van der Waals surface area contributed by atoms with Crippen LogP contribution in [-0.4, -0.2) is 4.98 Å². The van der Waals surface area contributed by atoms with Gasteiger partial charge in [-0.15, -0.1) is 0 Å². The number of rotatable bonds is 2. The Morgan fingerprint density at radius 1 is 1.16 bits per heavy atom. The zero-order chi connectivity index (χ0) is 13.2. The van der Waals surface area contributed by atoms with Crippen LogP contribution in [0.3, 0.4) is 0 Å². The van der Waals surface area contributed by atoms with Gasteiger partial charge in [-0.25, -0.2) is 9.37 Å². The number of nitrogens with zero attached hydrogens (tertiary/aromatic N) is 2. The molecule has 0 aliphatic heterocycles. The molecule has 0 unspecified atom stereocenters. The normalized spacial score (nSPS) is 10.3. The number of para-hydroxylation sites is 1. The van der Waals surface area contributed by atoms with Gasteiger partial charge < -0.3 is 4.74 Å². The minimum absolute atomic E-state index is 0.109. The number of fused-ring (bicyclic) bond motifs is 1. The SMILES string of the molecule is N#Cc1c(F)cccc1Oc1nc2ccccc2s1. The first kappa shape index (κ1) is 11.6. The summed E-state index contributed by atoms with van der Waals surface area (Å²) in [7, 11) is 0. The highest BCUT2D eigenvalue weighted by molar-refractivity contribution is 7.20. The summed E-state index contributed by atoms with van der Waals surface area (Å²) in [4.78, 5) is 4.28. The van der Waals surface area contributed by atoms with Crippen LogP contribution in [0.4, 0.5) is 4.39 Å². The van der Waals surface area contributed by atoms with Gasteiger partial charge in [0.15, 0.2) is 5.75 Å². The fourth-order valence-electron chi connectivity index (χ4n) is 1.69. The van der Waals surface area contributed by atoms with Crippen LogP contribution in [-0.2, 0) is 0 Å². The molecule has 0 saturated carbocycles. The second-order valence-electron chi connectivity index (χ2n) is 3.77. The van der Waals surface area contributed by atoms with E-state index in [1.165, 1.54) is 23.5 Å². The molecular formula is C14H7FN2OS. The Hall–Kier alpha value is -2.45. The van der Waals surface area contributed by atoms with Gasteiger partial charge in [0, 0.05) is 0 Å². The van der Waals surface area contributed by atoms with Crippen LogP contribution in [0.1, 0.15) is 5.56 Å². The summed E-state index contributed by atoms with van der Waals surface area (Å²) in [6, 6.07) is 13.7. The molecule has 0 bridgehead atoms. The van der Waals surface area contributed by atoms with Gasteiger partial charge in [-0.2, -0.15) is 5.26 Å². The molecule has 2 aromatic carbocycles. The highest BCUT2D eigenvalue weighted by Gasteiger charge is 2.12. The minimum Gasteiger partial charge on any atom is -0.429 e. The molecule has 3 aromatic rings. The van der Waals surface area contributed by atoms with E-state index in [-0.39, 0.29) is 11.3 Å². The summed E-state index contributed by atoms with van der Waals surface area (Å²) in [5, 5.41) is 9.32. The zero-order valence-corrected chi connectivity index (χ0v) is 10.4. The average molecular weight is 270 g/mol. The first-order chi connectivity index (χ1) is 9.28. The molecule has 0 atom stereocenters. The Balaban J connectivity index is 2.02. The van der Waals surface area contributed by atoms with Gasteiger partial charge in [0.25, 0.3) is 5.19 Å². The Morgan fingerprint density at radius 2 is 2.00 bits per heavy atom. The van der Waals surface area contributed by atoms with E-state index in [0.29, 0.717) is 5.19 Å². The monoisotopic (exact) mass is 270 g/mol. The number of benzene rings is 2. The van der Waals surface area contributed by atoms with Crippen LogP contribution >= 0.6 is 11.3 Å². The molecule has 19 heavy (non-hydrogen) atoms. The van der Waals surface area contributed by atoms with Crippen LogP contribution < -0.4 is 4.74 Å². The van der Waals surface area contributed by atoms with Crippen LogP contribution in [0.2, 0.25) is 0 Å². The van der Waals surface area contributed by atoms with Crippen molar-refractivity contribution in [2.75, 3.05) is 0 Å². The Labute approximate surface area is 112 Å². The van der Waals surface area contributed by atoms with E-state index in [1.807, 2.05) is 24.3 Å². The van der Waals surface area contributed by atoms with Gasteiger partial charge >= 0.3 is 0 Å². The fourth-order valence-corrected chi connectivity index (χ4v) is 2.52. The lowest BCUT2D eigenvalue weighted by Crippen LogP contribution is -1.90. The van der Waals surface area contributed by atoms with Crippen molar-refractivity contribution in [2.24, 2.45) is 0 Å². The lowest BCUT2D eigenvalue weighted by molar-refractivity contribution is 0.472. The van der Waals surface area contributed by atoms with Crippen molar-refractivity contribution < 1.29 is 9.13 Å². The Bertz CT molecular complexity index is 758. The standard InChI is InChI=1S/C14H7FN2OS/c15-10-4-3-6-12(9(10)8-16)18-14-17-11-5-1-2-7-13(11)19-14/h1-7H. The number of halogens is 1. The summed E-state index contributed by atoms with van der Waals surface area (Å²) in [6.07, 6.45) is 0. The molecule has 92 valence electrons. The third kappa shape index (κ3) is 2.14. The van der Waals surface area contributed by atoms with Gasteiger partial charge in [0.1, 0.15) is 17.4 Å². The lowest BCUT2D eigenvalue weighted by atomic mass is 10.2. The predicted octanol–water partition coefficient (Wildman–Crippen LogP) is 4.10. The molecule has 3 nitrogen and oxygen atoms in total.